The highest BCUT2D eigenvalue weighted by Gasteiger charge is 2.07. The van der Waals surface area contributed by atoms with Gasteiger partial charge < -0.3 is 10.1 Å². The first kappa shape index (κ1) is 18.5. The molecule has 0 heterocycles. The van der Waals surface area contributed by atoms with Crippen LogP contribution in [0.5, 0.6) is 5.75 Å². The molecule has 0 aliphatic carbocycles. The number of carbonyl (C=O) groups excluding carboxylic acids is 1. The highest BCUT2D eigenvalue weighted by atomic mass is 35.5. The predicted molar refractivity (Wildman–Crippen MR) is 92.5 cm³/mol. The van der Waals surface area contributed by atoms with E-state index in [0.29, 0.717) is 23.6 Å². The minimum Gasteiger partial charge on any atom is -0.482 e. The maximum Gasteiger partial charge on any atom is 0.257 e. The maximum absolute atomic E-state index is 13.4. The summed E-state index contributed by atoms with van der Waals surface area (Å²) < 4.78 is 31.5. The lowest BCUT2D eigenvalue weighted by Gasteiger charge is -2.09. The van der Waals surface area contributed by atoms with Gasteiger partial charge in [0.15, 0.2) is 6.61 Å². The summed E-state index contributed by atoms with van der Waals surface area (Å²) >= 11 is 7.32. The van der Waals surface area contributed by atoms with E-state index >= 15 is 0 Å². The third-order valence-corrected chi connectivity index (χ3v) is 4.34. The molecule has 0 aromatic heterocycles. The molecule has 128 valence electrons. The zero-order valence-corrected chi connectivity index (χ0v) is 14.3. The van der Waals surface area contributed by atoms with Crippen LogP contribution in [0.3, 0.4) is 0 Å². The molecule has 0 saturated heterocycles. The fraction of sp³-hybridized carbons (Fsp3) is 0.235. The third kappa shape index (κ3) is 6.02. The van der Waals surface area contributed by atoms with E-state index in [0.717, 1.165) is 6.07 Å². The van der Waals surface area contributed by atoms with Crippen molar-refractivity contribution in [3.63, 3.8) is 0 Å². The van der Waals surface area contributed by atoms with E-state index in [1.807, 2.05) is 0 Å². The van der Waals surface area contributed by atoms with Gasteiger partial charge in [-0.05, 0) is 29.8 Å². The molecule has 1 amide bonds. The summed E-state index contributed by atoms with van der Waals surface area (Å²) in [5.74, 6) is 0.452. The lowest BCUT2D eigenvalue weighted by Crippen LogP contribution is -2.30. The van der Waals surface area contributed by atoms with Crippen molar-refractivity contribution in [2.75, 3.05) is 18.9 Å². The van der Waals surface area contributed by atoms with E-state index < -0.39 is 5.82 Å². The minimum absolute atomic E-state index is 0.114. The highest BCUT2D eigenvalue weighted by Crippen LogP contribution is 2.24. The quantitative estimate of drug-likeness (QED) is 0.711. The SMILES string of the molecule is O=C(COc1ccc(F)cc1Cl)NCCSCc1ccccc1F. The maximum atomic E-state index is 13.4. The Morgan fingerprint density at radius 3 is 2.75 bits per heavy atom. The molecule has 2 aromatic rings. The molecule has 2 rings (SSSR count). The first-order valence-electron chi connectivity index (χ1n) is 7.22. The molecular formula is C17H16ClF2NO2S. The fourth-order valence-corrected chi connectivity index (χ4v) is 2.91. The number of ether oxygens (including phenoxy) is 1. The number of amides is 1. The normalized spacial score (nSPS) is 10.5. The smallest absolute Gasteiger partial charge is 0.257 e. The Morgan fingerprint density at radius 2 is 2.00 bits per heavy atom. The summed E-state index contributed by atoms with van der Waals surface area (Å²) in [5.41, 5.74) is 0.642. The van der Waals surface area contributed by atoms with Crippen LogP contribution in [0.15, 0.2) is 42.5 Å². The number of rotatable bonds is 8. The van der Waals surface area contributed by atoms with Gasteiger partial charge in [-0.1, -0.05) is 29.8 Å². The van der Waals surface area contributed by atoms with Crippen molar-refractivity contribution >= 4 is 29.3 Å². The van der Waals surface area contributed by atoms with Crippen LogP contribution in [0, 0.1) is 11.6 Å². The largest absolute Gasteiger partial charge is 0.482 e. The summed E-state index contributed by atoms with van der Waals surface area (Å²) in [6, 6.07) is 10.3. The second kappa shape index (κ2) is 9.49. The molecular weight excluding hydrogens is 356 g/mol. The Labute approximate surface area is 148 Å². The molecule has 2 aromatic carbocycles. The average Bonchev–Trinajstić information content (AvgIpc) is 2.55. The average molecular weight is 372 g/mol. The molecule has 0 aliphatic rings. The second-order valence-corrected chi connectivity index (χ2v) is 6.37. The number of hydrogen-bond acceptors (Lipinski definition) is 3. The number of benzene rings is 2. The first-order chi connectivity index (χ1) is 11.6. The molecule has 0 aliphatic heterocycles. The first-order valence-corrected chi connectivity index (χ1v) is 8.75. The number of halogens is 3. The Balaban J connectivity index is 1.62. The lowest BCUT2D eigenvalue weighted by atomic mass is 10.2. The Morgan fingerprint density at radius 1 is 1.21 bits per heavy atom. The third-order valence-electron chi connectivity index (χ3n) is 3.04. The van der Waals surface area contributed by atoms with Crippen molar-refractivity contribution in [2.24, 2.45) is 0 Å². The number of thioether (sulfide) groups is 1. The number of carbonyl (C=O) groups is 1. The van der Waals surface area contributed by atoms with Crippen molar-refractivity contribution < 1.29 is 18.3 Å². The summed E-state index contributed by atoms with van der Waals surface area (Å²) in [6.07, 6.45) is 0. The van der Waals surface area contributed by atoms with E-state index in [-0.39, 0.29) is 29.1 Å². The Hall–Kier alpha value is -1.79. The summed E-state index contributed by atoms with van der Waals surface area (Å²) in [4.78, 5) is 11.7. The monoisotopic (exact) mass is 371 g/mol. The van der Waals surface area contributed by atoms with Gasteiger partial charge in [-0.25, -0.2) is 8.78 Å². The van der Waals surface area contributed by atoms with Gasteiger partial charge in [0.05, 0.1) is 5.02 Å². The number of hydrogen-bond donors (Lipinski definition) is 1. The van der Waals surface area contributed by atoms with Crippen molar-refractivity contribution in [3.8, 4) is 5.75 Å². The van der Waals surface area contributed by atoms with E-state index in [1.165, 1.54) is 30.0 Å². The van der Waals surface area contributed by atoms with E-state index in [9.17, 15) is 13.6 Å². The van der Waals surface area contributed by atoms with Gasteiger partial charge in [0.2, 0.25) is 0 Å². The molecule has 0 spiro atoms. The van der Waals surface area contributed by atoms with E-state index in [4.69, 9.17) is 16.3 Å². The summed E-state index contributed by atoms with van der Waals surface area (Å²) in [7, 11) is 0. The molecule has 3 nitrogen and oxygen atoms in total. The second-order valence-electron chi connectivity index (χ2n) is 4.86. The van der Waals surface area contributed by atoms with Crippen molar-refractivity contribution in [1.29, 1.82) is 0 Å². The van der Waals surface area contributed by atoms with Gasteiger partial charge in [-0.15, -0.1) is 0 Å². The lowest BCUT2D eigenvalue weighted by molar-refractivity contribution is -0.122. The molecule has 0 fully saturated rings. The van der Waals surface area contributed by atoms with E-state index in [2.05, 4.69) is 5.32 Å². The Kier molecular flexibility index (Phi) is 7.34. The van der Waals surface area contributed by atoms with Crippen LogP contribution >= 0.6 is 23.4 Å². The van der Waals surface area contributed by atoms with Crippen LogP contribution in [0.2, 0.25) is 5.02 Å². The van der Waals surface area contributed by atoms with E-state index in [1.54, 1.807) is 18.2 Å². The van der Waals surface area contributed by atoms with Crippen LogP contribution < -0.4 is 10.1 Å². The standard InChI is InChI=1S/C17H16ClF2NO2S/c18-14-9-13(19)5-6-16(14)23-10-17(22)21-7-8-24-11-12-3-1-2-4-15(12)20/h1-6,9H,7-8,10-11H2,(H,21,22). The summed E-state index contributed by atoms with van der Waals surface area (Å²) in [5, 5.41) is 2.80. The van der Waals surface area contributed by atoms with Crippen LogP contribution in [0.25, 0.3) is 0 Å². The predicted octanol–water partition coefficient (Wildman–Crippen LogP) is 4.05. The van der Waals surface area contributed by atoms with Crippen molar-refractivity contribution in [2.45, 2.75) is 5.75 Å². The van der Waals surface area contributed by atoms with Gasteiger partial charge in [0.1, 0.15) is 17.4 Å². The highest BCUT2D eigenvalue weighted by molar-refractivity contribution is 7.98. The molecule has 1 N–H and O–H groups in total. The topological polar surface area (TPSA) is 38.3 Å². The molecule has 0 atom stereocenters. The van der Waals surface area contributed by atoms with Crippen LogP contribution in [0.1, 0.15) is 5.56 Å². The summed E-state index contributed by atoms with van der Waals surface area (Å²) in [6.45, 7) is 0.238. The molecule has 0 radical (unpaired) electrons. The Bertz CT molecular complexity index is 700. The van der Waals surface area contributed by atoms with Crippen LogP contribution in [-0.4, -0.2) is 24.8 Å². The van der Waals surface area contributed by atoms with Crippen LogP contribution in [0.4, 0.5) is 8.78 Å². The fourth-order valence-electron chi connectivity index (χ4n) is 1.85. The zero-order valence-electron chi connectivity index (χ0n) is 12.7. The van der Waals surface area contributed by atoms with Crippen molar-refractivity contribution in [3.05, 3.63) is 64.7 Å². The molecule has 0 bridgehead atoms. The number of nitrogens with one attached hydrogen (secondary N) is 1. The zero-order chi connectivity index (χ0) is 17.4. The van der Waals surface area contributed by atoms with Crippen LogP contribution in [-0.2, 0) is 10.5 Å². The molecule has 7 heteroatoms. The minimum atomic E-state index is -0.469. The van der Waals surface area contributed by atoms with Crippen molar-refractivity contribution in [1.82, 2.24) is 5.32 Å². The molecule has 24 heavy (non-hydrogen) atoms. The van der Waals surface area contributed by atoms with Gasteiger partial charge in [-0.3, -0.25) is 4.79 Å². The van der Waals surface area contributed by atoms with Gasteiger partial charge >= 0.3 is 0 Å². The molecule has 0 unspecified atom stereocenters. The van der Waals surface area contributed by atoms with Gasteiger partial charge in [0, 0.05) is 18.1 Å². The molecule has 0 saturated carbocycles. The van der Waals surface area contributed by atoms with Gasteiger partial charge in [-0.2, -0.15) is 11.8 Å². The van der Waals surface area contributed by atoms with Gasteiger partial charge in [0.25, 0.3) is 5.91 Å².